The predicted molar refractivity (Wildman–Crippen MR) is 196 cm³/mol. The lowest BCUT2D eigenvalue weighted by Gasteiger charge is -2.18. The number of ether oxygens (including phenoxy) is 1. The van der Waals surface area contributed by atoms with Crippen LogP contribution in [0.4, 0.5) is 0 Å². The van der Waals surface area contributed by atoms with Gasteiger partial charge in [0.15, 0.2) is 0 Å². The zero-order valence-electron chi connectivity index (χ0n) is 29.2. The Kier molecular flexibility index (Phi) is 30.8. The van der Waals surface area contributed by atoms with Crippen LogP contribution in [0.1, 0.15) is 86.6 Å². The van der Waals surface area contributed by atoms with Crippen molar-refractivity contribution in [1.29, 1.82) is 0 Å². The first-order valence-corrected chi connectivity index (χ1v) is 16.4. The molecular weight excluding hydrogens is 532 g/mol. The van der Waals surface area contributed by atoms with Crippen molar-refractivity contribution in [3.63, 3.8) is 0 Å². The topological polar surface area (TPSA) is 38.5 Å². The van der Waals surface area contributed by atoms with Gasteiger partial charge in [0.05, 0.1) is 0 Å². The van der Waals surface area contributed by atoms with Gasteiger partial charge in [0, 0.05) is 14.1 Å². The van der Waals surface area contributed by atoms with E-state index in [2.05, 4.69) is 65.5 Å². The van der Waals surface area contributed by atoms with Crippen LogP contribution in [-0.4, -0.2) is 31.9 Å². The molecule has 0 aliphatic heterocycles. The van der Waals surface area contributed by atoms with Gasteiger partial charge in [-0.1, -0.05) is 105 Å². The smallest absolute Gasteiger partial charge is 0.119 e. The third kappa shape index (κ3) is 23.8. The molecule has 0 saturated carbocycles. The van der Waals surface area contributed by atoms with Crippen LogP contribution in [0.15, 0.2) is 107 Å². The molecule has 0 fully saturated rings. The van der Waals surface area contributed by atoms with Crippen LogP contribution in [0.2, 0.25) is 0 Å². The largest absolute Gasteiger partial charge is 0.489 e. The third-order valence-corrected chi connectivity index (χ3v) is 6.96. The molecule has 0 saturated heterocycles. The summed E-state index contributed by atoms with van der Waals surface area (Å²) in [6.07, 6.45) is 19.2. The predicted octanol–water partition coefficient (Wildman–Crippen LogP) is 11.4. The summed E-state index contributed by atoms with van der Waals surface area (Å²) in [7, 11) is 3.81. The van der Waals surface area contributed by atoms with Crippen LogP contribution in [0.3, 0.4) is 0 Å². The van der Waals surface area contributed by atoms with E-state index in [4.69, 9.17) is 10.5 Å². The van der Waals surface area contributed by atoms with Gasteiger partial charge in [0.25, 0.3) is 0 Å². The zero-order chi connectivity index (χ0) is 32.9. The lowest BCUT2D eigenvalue weighted by Crippen LogP contribution is -2.19. The minimum atomic E-state index is 0.586. The number of thioether (sulfide) groups is 1. The Morgan fingerprint density at radius 2 is 1.45 bits per heavy atom. The maximum Gasteiger partial charge on any atom is 0.119 e. The molecule has 0 aromatic heterocycles. The van der Waals surface area contributed by atoms with E-state index < -0.39 is 0 Å². The van der Waals surface area contributed by atoms with Gasteiger partial charge in [-0.25, -0.2) is 0 Å². The van der Waals surface area contributed by atoms with Gasteiger partial charge < -0.3 is 15.4 Å². The van der Waals surface area contributed by atoms with Crippen molar-refractivity contribution in [3.8, 4) is 5.75 Å². The number of rotatable bonds is 13. The molecule has 0 bridgehead atoms. The number of hydrogen-bond donors (Lipinski definition) is 1. The van der Waals surface area contributed by atoms with Gasteiger partial charge in [-0.15, -0.1) is 11.8 Å². The Labute approximate surface area is 266 Å². The molecule has 1 aromatic carbocycles. The third-order valence-electron chi connectivity index (χ3n) is 6.55. The van der Waals surface area contributed by atoms with Crippen molar-refractivity contribution < 1.29 is 4.74 Å². The van der Waals surface area contributed by atoms with Crippen molar-refractivity contribution in [1.82, 2.24) is 4.90 Å². The summed E-state index contributed by atoms with van der Waals surface area (Å²) in [6.45, 7) is 27.0. The van der Waals surface area contributed by atoms with Gasteiger partial charge in [0.2, 0.25) is 0 Å². The Morgan fingerprint density at radius 3 is 1.79 bits per heavy atom. The fourth-order valence-electron chi connectivity index (χ4n) is 3.42. The first-order valence-electron chi connectivity index (χ1n) is 15.1. The van der Waals surface area contributed by atoms with E-state index in [1.54, 1.807) is 23.4 Å². The molecule has 42 heavy (non-hydrogen) atoms. The molecule has 0 aliphatic rings. The van der Waals surface area contributed by atoms with E-state index in [9.17, 15) is 0 Å². The summed E-state index contributed by atoms with van der Waals surface area (Å²) in [5.74, 6) is 2.47. The van der Waals surface area contributed by atoms with Crippen LogP contribution in [0, 0.1) is 12.8 Å². The molecule has 238 valence electrons. The number of benzene rings is 1. The summed E-state index contributed by atoms with van der Waals surface area (Å²) in [6, 6.07) is 8.04. The van der Waals surface area contributed by atoms with Crippen molar-refractivity contribution in [2.75, 3.05) is 27.0 Å². The molecule has 2 N–H and O–H groups in total. The quantitative estimate of drug-likeness (QED) is 0.182. The second-order valence-electron chi connectivity index (χ2n) is 10.2. The van der Waals surface area contributed by atoms with Crippen molar-refractivity contribution >= 4 is 11.8 Å². The van der Waals surface area contributed by atoms with Gasteiger partial charge in [0.1, 0.15) is 18.2 Å². The average molecular weight is 597 g/mol. The van der Waals surface area contributed by atoms with Crippen molar-refractivity contribution in [3.05, 3.63) is 113 Å². The Hall–Kier alpha value is -2.85. The molecule has 0 aliphatic carbocycles. The van der Waals surface area contributed by atoms with E-state index in [1.807, 2.05) is 95.3 Å². The van der Waals surface area contributed by atoms with Crippen molar-refractivity contribution in [2.45, 2.75) is 88.0 Å². The first kappa shape index (κ1) is 43.6. The van der Waals surface area contributed by atoms with Crippen LogP contribution in [0.25, 0.3) is 0 Å². The molecule has 1 rings (SSSR count). The summed E-state index contributed by atoms with van der Waals surface area (Å²) >= 11 is 1.77. The SMILES string of the molecule is C/C=C\C.C=C/C(=C\C)COc1ccc(C)cc1.C=C/C(C)=C(/N)N(C)C.CCCC(CCC)/C(C)=C(\C)C=CSC. The van der Waals surface area contributed by atoms with E-state index >= 15 is 0 Å². The van der Waals surface area contributed by atoms with E-state index in [1.165, 1.54) is 36.8 Å². The minimum absolute atomic E-state index is 0.586. The molecule has 0 amide bonds. The van der Waals surface area contributed by atoms with Crippen LogP contribution < -0.4 is 10.5 Å². The fourth-order valence-corrected chi connectivity index (χ4v) is 3.76. The van der Waals surface area contributed by atoms with Gasteiger partial charge in [-0.05, 0) is 102 Å². The number of allylic oxidation sites excluding steroid dienone is 8. The van der Waals surface area contributed by atoms with Gasteiger partial charge >= 0.3 is 0 Å². The summed E-state index contributed by atoms with van der Waals surface area (Å²) in [5.41, 5.74) is 12.0. The van der Waals surface area contributed by atoms with E-state index in [0.717, 1.165) is 28.6 Å². The second-order valence-corrected chi connectivity index (χ2v) is 10.9. The number of nitrogens with zero attached hydrogens (tertiary/aromatic N) is 1. The standard InChI is InChI=1S/C14H26S.C13H16O.C7H14N2.C4H8/c1-6-8-14(9-7-2)13(4)12(3)10-11-15-5;1-4-12(5-2)10-14-13-8-6-11(3)7-9-13;1-5-6(2)7(8)9(3)4;1-3-4-2/h10-11,14H,6-9H2,1-5H3;4-9H,1,10H2,2-3H3;5H,1,8H2,2-4H3;3-4H,1-2H3/b11-10?,13-12+;12-5+;7-6-;4-3-. The molecule has 0 atom stereocenters. The summed E-state index contributed by atoms with van der Waals surface area (Å²) in [4.78, 5) is 1.86. The molecule has 3 nitrogen and oxygen atoms in total. The van der Waals surface area contributed by atoms with Gasteiger partial charge in [-0.3, -0.25) is 0 Å². The van der Waals surface area contributed by atoms with Crippen LogP contribution >= 0.6 is 11.8 Å². The highest BCUT2D eigenvalue weighted by Gasteiger charge is 2.10. The van der Waals surface area contributed by atoms with E-state index in [-0.39, 0.29) is 0 Å². The fraction of sp³-hybridized carbons (Fsp3) is 0.474. The first-order chi connectivity index (χ1) is 19.9. The highest BCUT2D eigenvalue weighted by atomic mass is 32.2. The zero-order valence-corrected chi connectivity index (χ0v) is 30.0. The molecular formula is C38H64N2OS. The Morgan fingerprint density at radius 1 is 0.929 bits per heavy atom. The van der Waals surface area contributed by atoms with Crippen LogP contribution in [-0.2, 0) is 0 Å². The lowest BCUT2D eigenvalue weighted by atomic mass is 9.88. The Bertz CT molecular complexity index is 969. The van der Waals surface area contributed by atoms with E-state index in [0.29, 0.717) is 6.61 Å². The number of nitrogens with two attached hydrogens (primary N) is 1. The monoisotopic (exact) mass is 596 g/mol. The molecule has 1 aromatic rings. The maximum atomic E-state index is 5.60. The maximum absolute atomic E-state index is 5.60. The molecule has 0 radical (unpaired) electrons. The minimum Gasteiger partial charge on any atom is -0.489 e. The molecule has 0 spiro atoms. The highest BCUT2D eigenvalue weighted by molar-refractivity contribution is 8.01. The summed E-state index contributed by atoms with van der Waals surface area (Å²) in [5, 5.41) is 2.17. The van der Waals surface area contributed by atoms with Crippen LogP contribution in [0.5, 0.6) is 5.75 Å². The highest BCUT2D eigenvalue weighted by Crippen LogP contribution is 2.25. The number of hydrogen-bond acceptors (Lipinski definition) is 4. The molecule has 0 heterocycles. The normalized spacial score (nSPS) is 12.2. The van der Waals surface area contributed by atoms with Gasteiger partial charge in [-0.2, -0.15) is 0 Å². The molecule has 4 heteroatoms. The Balaban J connectivity index is -0.000000523. The summed E-state index contributed by atoms with van der Waals surface area (Å²) < 4.78 is 5.57. The number of aryl methyl sites for hydroxylation is 1. The molecule has 0 unspecified atom stereocenters. The second kappa shape index (κ2) is 29.6. The lowest BCUT2D eigenvalue weighted by molar-refractivity contribution is 0.355. The van der Waals surface area contributed by atoms with Crippen molar-refractivity contribution in [2.24, 2.45) is 11.7 Å². The average Bonchev–Trinajstić information content (AvgIpc) is 3.00.